The number of benzene rings is 1. The van der Waals surface area contributed by atoms with Gasteiger partial charge in [-0.3, -0.25) is 4.79 Å². The minimum absolute atomic E-state index is 0.295. The van der Waals surface area contributed by atoms with E-state index in [0.717, 1.165) is 24.2 Å². The van der Waals surface area contributed by atoms with E-state index in [1.54, 1.807) is 12.1 Å². The van der Waals surface area contributed by atoms with Crippen molar-refractivity contribution < 1.29 is 14.3 Å². The SMILES string of the molecule is CC[C@H]1CCc2sc(C(=O)OCC(=O)Nc3ccccc3SCC#N)cc2C1. The Morgan fingerprint density at radius 1 is 1.39 bits per heavy atom. The molecule has 0 fully saturated rings. The van der Waals surface area contributed by atoms with Crippen molar-refractivity contribution in [1.82, 2.24) is 0 Å². The molecule has 1 amide bonds. The molecule has 0 saturated heterocycles. The Kier molecular flexibility index (Phi) is 7.12. The molecule has 1 aliphatic rings. The van der Waals surface area contributed by atoms with Crippen LogP contribution in [-0.2, 0) is 22.4 Å². The first-order valence-electron chi connectivity index (χ1n) is 9.28. The third-order valence-electron chi connectivity index (χ3n) is 4.75. The molecule has 0 bridgehead atoms. The van der Waals surface area contributed by atoms with Gasteiger partial charge < -0.3 is 10.1 Å². The molecule has 146 valence electrons. The number of ether oxygens (including phenoxy) is 1. The van der Waals surface area contributed by atoms with Crippen LogP contribution in [0.5, 0.6) is 0 Å². The number of para-hydroxylation sites is 1. The van der Waals surface area contributed by atoms with E-state index in [4.69, 9.17) is 10.00 Å². The van der Waals surface area contributed by atoms with Crippen LogP contribution in [-0.4, -0.2) is 24.2 Å². The van der Waals surface area contributed by atoms with Crippen LogP contribution in [0, 0.1) is 17.2 Å². The fourth-order valence-corrected chi connectivity index (χ4v) is 5.01. The van der Waals surface area contributed by atoms with E-state index in [0.29, 0.717) is 22.2 Å². The standard InChI is InChI=1S/C21H22N2O3S2/c1-2-14-7-8-17-15(11-14)12-19(28-17)21(25)26-13-20(24)23-16-5-3-4-6-18(16)27-10-9-22/h3-6,12,14H,2,7-8,10-11,13H2,1H3,(H,23,24)/t14-/m0/s1. The van der Waals surface area contributed by atoms with E-state index < -0.39 is 11.9 Å². The minimum atomic E-state index is -0.449. The highest BCUT2D eigenvalue weighted by molar-refractivity contribution is 7.99. The van der Waals surface area contributed by atoms with Crippen molar-refractivity contribution in [3.05, 3.63) is 45.6 Å². The lowest BCUT2D eigenvalue weighted by atomic mass is 9.87. The third-order valence-corrected chi connectivity index (χ3v) is 6.91. The number of nitriles is 1. The molecular formula is C21H22N2O3S2. The zero-order chi connectivity index (χ0) is 19.9. The summed E-state index contributed by atoms with van der Waals surface area (Å²) in [6, 6.07) is 11.2. The number of nitrogens with one attached hydrogen (secondary N) is 1. The smallest absolute Gasteiger partial charge is 0.348 e. The molecule has 1 N–H and O–H groups in total. The van der Waals surface area contributed by atoms with Crippen molar-refractivity contribution in [1.29, 1.82) is 5.26 Å². The number of esters is 1. The summed E-state index contributed by atoms with van der Waals surface area (Å²) in [5.74, 6) is 0.139. The molecule has 1 aliphatic carbocycles. The van der Waals surface area contributed by atoms with Crippen LogP contribution >= 0.6 is 23.1 Å². The zero-order valence-electron chi connectivity index (χ0n) is 15.7. The third kappa shape index (κ3) is 5.15. The number of aryl methyl sites for hydroxylation is 1. The van der Waals surface area contributed by atoms with Crippen LogP contribution in [0.15, 0.2) is 35.2 Å². The largest absolute Gasteiger partial charge is 0.451 e. The van der Waals surface area contributed by atoms with Gasteiger partial charge in [0.05, 0.1) is 17.5 Å². The summed E-state index contributed by atoms with van der Waals surface area (Å²) in [4.78, 5) is 27.2. The number of anilines is 1. The average molecular weight is 415 g/mol. The summed E-state index contributed by atoms with van der Waals surface area (Å²) in [6.45, 7) is 1.86. The predicted molar refractivity (Wildman–Crippen MR) is 112 cm³/mol. The maximum Gasteiger partial charge on any atom is 0.348 e. The number of nitrogens with zero attached hydrogens (tertiary/aromatic N) is 1. The Hall–Kier alpha value is -2.30. The number of amides is 1. The predicted octanol–water partition coefficient (Wildman–Crippen LogP) is 4.67. The van der Waals surface area contributed by atoms with E-state index in [9.17, 15) is 9.59 Å². The summed E-state index contributed by atoms with van der Waals surface area (Å²) in [5, 5.41) is 11.5. The number of hydrogen-bond donors (Lipinski definition) is 1. The van der Waals surface area contributed by atoms with E-state index in [1.807, 2.05) is 18.2 Å². The normalized spacial score (nSPS) is 15.4. The molecule has 0 saturated carbocycles. The molecule has 1 atom stereocenters. The fraction of sp³-hybridized carbons (Fsp3) is 0.381. The first-order valence-corrected chi connectivity index (χ1v) is 11.1. The molecule has 3 rings (SSSR count). The Morgan fingerprint density at radius 3 is 3.00 bits per heavy atom. The van der Waals surface area contributed by atoms with Gasteiger partial charge in [0, 0.05) is 9.77 Å². The molecule has 28 heavy (non-hydrogen) atoms. The zero-order valence-corrected chi connectivity index (χ0v) is 17.3. The van der Waals surface area contributed by atoms with E-state index >= 15 is 0 Å². The van der Waals surface area contributed by atoms with Crippen molar-refractivity contribution in [3.63, 3.8) is 0 Å². The summed E-state index contributed by atoms with van der Waals surface area (Å²) < 4.78 is 5.21. The molecule has 1 heterocycles. The molecule has 1 aromatic heterocycles. The summed E-state index contributed by atoms with van der Waals surface area (Å²) in [5.41, 5.74) is 1.86. The fourth-order valence-electron chi connectivity index (χ4n) is 3.24. The molecule has 0 spiro atoms. The average Bonchev–Trinajstić information content (AvgIpc) is 3.14. The second kappa shape index (κ2) is 9.76. The van der Waals surface area contributed by atoms with Gasteiger partial charge in [0.15, 0.2) is 6.61 Å². The number of carbonyl (C=O) groups excluding carboxylic acids is 2. The Bertz CT molecular complexity index is 901. The van der Waals surface area contributed by atoms with Crippen molar-refractivity contribution in [2.45, 2.75) is 37.5 Å². The topological polar surface area (TPSA) is 79.2 Å². The summed E-state index contributed by atoms with van der Waals surface area (Å²) >= 11 is 2.83. The number of hydrogen-bond acceptors (Lipinski definition) is 6. The molecule has 0 unspecified atom stereocenters. The molecule has 5 nitrogen and oxygen atoms in total. The number of thiophene rings is 1. The highest BCUT2D eigenvalue weighted by Gasteiger charge is 2.23. The van der Waals surface area contributed by atoms with Crippen LogP contribution in [0.2, 0.25) is 0 Å². The lowest BCUT2D eigenvalue weighted by molar-refractivity contribution is -0.119. The van der Waals surface area contributed by atoms with Gasteiger partial charge in [-0.2, -0.15) is 5.26 Å². The van der Waals surface area contributed by atoms with E-state index in [1.165, 1.54) is 40.0 Å². The Balaban J connectivity index is 1.55. The van der Waals surface area contributed by atoms with Gasteiger partial charge in [-0.1, -0.05) is 25.5 Å². The second-order valence-electron chi connectivity index (χ2n) is 6.64. The summed E-state index contributed by atoms with van der Waals surface area (Å²) in [7, 11) is 0. The van der Waals surface area contributed by atoms with Crippen molar-refractivity contribution in [2.24, 2.45) is 5.92 Å². The van der Waals surface area contributed by atoms with Gasteiger partial charge >= 0.3 is 5.97 Å². The molecule has 0 radical (unpaired) electrons. The van der Waals surface area contributed by atoms with Crippen LogP contribution in [0.1, 0.15) is 39.9 Å². The number of rotatable bonds is 7. The van der Waals surface area contributed by atoms with Crippen LogP contribution in [0.3, 0.4) is 0 Å². The van der Waals surface area contributed by atoms with Gasteiger partial charge in [-0.05, 0) is 48.9 Å². The molecular weight excluding hydrogens is 392 g/mol. The lowest BCUT2D eigenvalue weighted by Crippen LogP contribution is -2.21. The first-order chi connectivity index (χ1) is 13.6. The van der Waals surface area contributed by atoms with Crippen LogP contribution < -0.4 is 5.32 Å². The van der Waals surface area contributed by atoms with Crippen molar-refractivity contribution in [3.8, 4) is 6.07 Å². The molecule has 2 aromatic rings. The molecule has 1 aromatic carbocycles. The van der Waals surface area contributed by atoms with E-state index in [-0.39, 0.29) is 6.61 Å². The number of thioether (sulfide) groups is 1. The van der Waals surface area contributed by atoms with Crippen LogP contribution in [0.4, 0.5) is 5.69 Å². The lowest BCUT2D eigenvalue weighted by Gasteiger charge is -2.19. The maximum atomic E-state index is 12.3. The highest BCUT2D eigenvalue weighted by Crippen LogP contribution is 2.33. The van der Waals surface area contributed by atoms with Crippen molar-refractivity contribution in [2.75, 3.05) is 17.7 Å². The monoisotopic (exact) mass is 414 g/mol. The van der Waals surface area contributed by atoms with Gasteiger partial charge in [-0.15, -0.1) is 23.1 Å². The Morgan fingerprint density at radius 2 is 2.21 bits per heavy atom. The van der Waals surface area contributed by atoms with Gasteiger partial charge in [-0.25, -0.2) is 4.79 Å². The molecule has 7 heteroatoms. The second-order valence-corrected chi connectivity index (χ2v) is 8.80. The number of carbonyl (C=O) groups is 2. The highest BCUT2D eigenvalue weighted by atomic mass is 32.2. The van der Waals surface area contributed by atoms with E-state index in [2.05, 4.69) is 18.3 Å². The van der Waals surface area contributed by atoms with Gasteiger partial charge in [0.2, 0.25) is 0 Å². The molecule has 0 aliphatic heterocycles. The minimum Gasteiger partial charge on any atom is -0.451 e. The van der Waals surface area contributed by atoms with Crippen LogP contribution in [0.25, 0.3) is 0 Å². The quantitative estimate of drug-likeness (QED) is 0.526. The summed E-state index contributed by atoms with van der Waals surface area (Å²) in [6.07, 6.45) is 4.37. The van der Waals surface area contributed by atoms with Crippen molar-refractivity contribution >= 4 is 40.7 Å². The number of fused-ring (bicyclic) bond motifs is 1. The Labute approximate surface area is 173 Å². The maximum absolute atomic E-state index is 12.3. The van der Waals surface area contributed by atoms with Gasteiger partial charge in [0.25, 0.3) is 5.91 Å². The first kappa shape index (κ1) is 20.4. The van der Waals surface area contributed by atoms with Gasteiger partial charge in [0.1, 0.15) is 4.88 Å².